The molecule has 2 heterocycles. The van der Waals surface area contributed by atoms with Crippen molar-refractivity contribution < 1.29 is 14.3 Å². The van der Waals surface area contributed by atoms with Crippen molar-refractivity contribution in [3.05, 3.63) is 30.0 Å². The monoisotopic (exact) mass is 315 g/mol. The maximum atomic E-state index is 11.7. The predicted molar refractivity (Wildman–Crippen MR) is 87.9 cm³/mol. The van der Waals surface area contributed by atoms with Crippen molar-refractivity contribution in [2.24, 2.45) is 5.73 Å². The van der Waals surface area contributed by atoms with Gasteiger partial charge in [-0.15, -0.1) is 0 Å². The third-order valence-electron chi connectivity index (χ3n) is 3.74. The smallest absolute Gasteiger partial charge is 0.252 e. The van der Waals surface area contributed by atoms with Gasteiger partial charge in [0.05, 0.1) is 17.2 Å². The van der Waals surface area contributed by atoms with Crippen LogP contribution in [0.25, 0.3) is 10.9 Å². The SMILES string of the molecule is CC(C)Oc1cc2c(OC3CCNC3)ccnc2cc1C(N)=O. The number of carbonyl (C=O) groups is 1. The Labute approximate surface area is 135 Å². The summed E-state index contributed by atoms with van der Waals surface area (Å²) in [6.45, 7) is 5.60. The Balaban J connectivity index is 2.06. The molecule has 0 aliphatic carbocycles. The highest BCUT2D eigenvalue weighted by Crippen LogP contribution is 2.32. The third kappa shape index (κ3) is 3.37. The minimum Gasteiger partial charge on any atom is -0.490 e. The quantitative estimate of drug-likeness (QED) is 0.879. The Morgan fingerprint density at radius 2 is 2.22 bits per heavy atom. The highest BCUT2D eigenvalue weighted by Gasteiger charge is 2.19. The molecule has 1 saturated heterocycles. The van der Waals surface area contributed by atoms with Crippen LogP contribution in [0.5, 0.6) is 11.5 Å². The molecule has 23 heavy (non-hydrogen) atoms. The fraction of sp³-hybridized carbons (Fsp3) is 0.412. The van der Waals surface area contributed by atoms with Crippen molar-refractivity contribution in [3.63, 3.8) is 0 Å². The number of pyridine rings is 1. The van der Waals surface area contributed by atoms with E-state index in [4.69, 9.17) is 15.2 Å². The fourth-order valence-electron chi connectivity index (χ4n) is 2.70. The first-order chi connectivity index (χ1) is 11.0. The van der Waals surface area contributed by atoms with Crippen molar-refractivity contribution in [2.45, 2.75) is 32.5 Å². The molecule has 1 aliphatic heterocycles. The van der Waals surface area contributed by atoms with Crippen LogP contribution < -0.4 is 20.5 Å². The second-order valence-electron chi connectivity index (χ2n) is 5.94. The van der Waals surface area contributed by atoms with Crippen molar-refractivity contribution in [1.82, 2.24) is 10.3 Å². The van der Waals surface area contributed by atoms with Gasteiger partial charge in [-0.05, 0) is 45.0 Å². The van der Waals surface area contributed by atoms with E-state index in [0.717, 1.165) is 30.6 Å². The van der Waals surface area contributed by atoms with Crippen LogP contribution in [-0.2, 0) is 0 Å². The second kappa shape index (κ2) is 6.42. The molecule has 1 aromatic carbocycles. The number of hydrogen-bond acceptors (Lipinski definition) is 5. The summed E-state index contributed by atoms with van der Waals surface area (Å²) in [5.41, 5.74) is 6.46. The lowest BCUT2D eigenvalue weighted by atomic mass is 10.1. The Morgan fingerprint density at radius 3 is 2.87 bits per heavy atom. The lowest BCUT2D eigenvalue weighted by Crippen LogP contribution is -2.20. The summed E-state index contributed by atoms with van der Waals surface area (Å²) < 4.78 is 11.8. The number of nitrogens with zero attached hydrogens (tertiary/aromatic N) is 1. The van der Waals surface area contributed by atoms with Crippen LogP contribution in [0.15, 0.2) is 24.4 Å². The summed E-state index contributed by atoms with van der Waals surface area (Å²) in [5, 5.41) is 4.10. The zero-order chi connectivity index (χ0) is 16.4. The van der Waals surface area contributed by atoms with Crippen LogP contribution in [0.2, 0.25) is 0 Å². The van der Waals surface area contributed by atoms with Crippen LogP contribution in [0.4, 0.5) is 0 Å². The van der Waals surface area contributed by atoms with Crippen LogP contribution in [0.1, 0.15) is 30.6 Å². The van der Waals surface area contributed by atoms with E-state index in [0.29, 0.717) is 16.8 Å². The van der Waals surface area contributed by atoms with E-state index in [-0.39, 0.29) is 12.2 Å². The fourth-order valence-corrected chi connectivity index (χ4v) is 2.70. The second-order valence-corrected chi connectivity index (χ2v) is 5.94. The summed E-state index contributed by atoms with van der Waals surface area (Å²) >= 11 is 0. The molecule has 1 atom stereocenters. The molecule has 1 aliphatic rings. The number of aromatic nitrogens is 1. The van der Waals surface area contributed by atoms with E-state index in [1.54, 1.807) is 18.3 Å². The molecule has 3 rings (SSSR count). The molecule has 1 aromatic heterocycles. The summed E-state index contributed by atoms with van der Waals surface area (Å²) in [7, 11) is 0. The highest BCUT2D eigenvalue weighted by molar-refractivity contribution is 6.01. The number of primary amides is 1. The van der Waals surface area contributed by atoms with Crippen molar-refractivity contribution in [2.75, 3.05) is 13.1 Å². The number of nitrogens with two attached hydrogens (primary N) is 1. The van der Waals surface area contributed by atoms with Crippen LogP contribution in [-0.4, -0.2) is 36.2 Å². The first kappa shape index (κ1) is 15.6. The predicted octanol–water partition coefficient (Wildman–Crippen LogP) is 1.86. The number of ether oxygens (including phenoxy) is 2. The molecule has 1 fully saturated rings. The summed E-state index contributed by atoms with van der Waals surface area (Å²) in [6, 6.07) is 5.29. The van der Waals surface area contributed by atoms with Gasteiger partial charge in [0, 0.05) is 18.1 Å². The molecule has 2 aromatic rings. The Kier molecular flexibility index (Phi) is 4.34. The standard InChI is InChI=1S/C17H21N3O3/c1-10(2)22-16-8-12-14(7-13(16)17(18)21)20-6-4-15(12)23-11-3-5-19-9-11/h4,6-8,10-11,19H,3,5,9H2,1-2H3,(H2,18,21). The largest absolute Gasteiger partial charge is 0.490 e. The maximum absolute atomic E-state index is 11.7. The zero-order valence-electron chi connectivity index (χ0n) is 13.3. The molecular formula is C17H21N3O3. The number of hydrogen-bond donors (Lipinski definition) is 2. The zero-order valence-corrected chi connectivity index (χ0v) is 13.3. The van der Waals surface area contributed by atoms with E-state index in [9.17, 15) is 4.79 Å². The minimum atomic E-state index is -0.532. The van der Waals surface area contributed by atoms with E-state index >= 15 is 0 Å². The lowest BCUT2D eigenvalue weighted by Gasteiger charge is -2.17. The molecule has 6 heteroatoms. The van der Waals surface area contributed by atoms with Gasteiger partial charge >= 0.3 is 0 Å². The Morgan fingerprint density at radius 1 is 1.39 bits per heavy atom. The van der Waals surface area contributed by atoms with E-state index in [1.165, 1.54) is 0 Å². The molecule has 1 amide bonds. The first-order valence-corrected chi connectivity index (χ1v) is 7.81. The van der Waals surface area contributed by atoms with Gasteiger partial charge in [-0.3, -0.25) is 9.78 Å². The van der Waals surface area contributed by atoms with Gasteiger partial charge in [-0.1, -0.05) is 0 Å². The summed E-state index contributed by atoms with van der Waals surface area (Å²) in [6.07, 6.45) is 2.73. The normalized spacial score (nSPS) is 17.6. The molecule has 0 bridgehead atoms. The molecule has 0 radical (unpaired) electrons. The van der Waals surface area contributed by atoms with Crippen LogP contribution in [0.3, 0.4) is 0 Å². The lowest BCUT2D eigenvalue weighted by molar-refractivity contribution is 0.0994. The van der Waals surface area contributed by atoms with Crippen molar-refractivity contribution in [3.8, 4) is 11.5 Å². The molecule has 0 saturated carbocycles. The average molecular weight is 315 g/mol. The number of amides is 1. The van der Waals surface area contributed by atoms with Crippen LogP contribution in [0, 0.1) is 0 Å². The highest BCUT2D eigenvalue weighted by atomic mass is 16.5. The number of carbonyl (C=O) groups excluding carboxylic acids is 1. The Hall–Kier alpha value is -2.34. The van der Waals surface area contributed by atoms with Gasteiger partial charge in [0.25, 0.3) is 5.91 Å². The molecule has 1 unspecified atom stereocenters. The van der Waals surface area contributed by atoms with Crippen molar-refractivity contribution >= 4 is 16.8 Å². The molecule has 0 spiro atoms. The molecule has 3 N–H and O–H groups in total. The number of nitrogens with one attached hydrogen (secondary N) is 1. The topological polar surface area (TPSA) is 86.5 Å². The molecule has 6 nitrogen and oxygen atoms in total. The minimum absolute atomic E-state index is 0.0642. The average Bonchev–Trinajstić information content (AvgIpc) is 2.99. The van der Waals surface area contributed by atoms with Crippen molar-refractivity contribution in [1.29, 1.82) is 0 Å². The van der Waals surface area contributed by atoms with Gasteiger partial charge in [0.15, 0.2) is 0 Å². The van der Waals surface area contributed by atoms with E-state index in [1.807, 2.05) is 19.9 Å². The number of benzene rings is 1. The first-order valence-electron chi connectivity index (χ1n) is 7.81. The van der Waals surface area contributed by atoms with Gasteiger partial charge < -0.3 is 20.5 Å². The van der Waals surface area contributed by atoms with Gasteiger partial charge in [0.1, 0.15) is 17.6 Å². The van der Waals surface area contributed by atoms with Gasteiger partial charge in [0.2, 0.25) is 0 Å². The maximum Gasteiger partial charge on any atom is 0.252 e. The van der Waals surface area contributed by atoms with E-state index in [2.05, 4.69) is 10.3 Å². The number of fused-ring (bicyclic) bond motifs is 1. The molecular weight excluding hydrogens is 294 g/mol. The van der Waals surface area contributed by atoms with Gasteiger partial charge in [-0.2, -0.15) is 0 Å². The van der Waals surface area contributed by atoms with E-state index < -0.39 is 5.91 Å². The Bertz CT molecular complexity index is 724. The van der Waals surface area contributed by atoms with Gasteiger partial charge in [-0.25, -0.2) is 0 Å². The molecule has 122 valence electrons. The number of rotatable bonds is 5. The summed E-state index contributed by atoms with van der Waals surface area (Å²) in [4.78, 5) is 16.0. The third-order valence-corrected chi connectivity index (χ3v) is 3.74. The summed E-state index contributed by atoms with van der Waals surface area (Å²) in [5.74, 6) is 0.673. The van der Waals surface area contributed by atoms with Crippen LogP contribution >= 0.6 is 0 Å².